The van der Waals surface area contributed by atoms with E-state index >= 15 is 0 Å². The molecule has 1 aromatic heterocycles. The Morgan fingerprint density at radius 3 is 2.56 bits per heavy atom. The number of aliphatic hydroxyl groups is 1. The van der Waals surface area contributed by atoms with E-state index in [0.29, 0.717) is 6.54 Å². The Balaban J connectivity index is 1.68. The first kappa shape index (κ1) is 19.0. The van der Waals surface area contributed by atoms with Gasteiger partial charge in [-0.1, -0.05) is 12.1 Å². The second-order valence-electron chi connectivity index (χ2n) is 6.72. The lowest BCUT2D eigenvalue weighted by molar-refractivity contribution is -0.115. The summed E-state index contributed by atoms with van der Waals surface area (Å²) in [6.07, 6.45) is 1.94. The average molecular weight is 366 g/mol. The SMILES string of the molecule is CCN(CCO)c1ccc(NC(=O)Cc2coc3c(C)c(C)ccc23)cc1. The van der Waals surface area contributed by atoms with Gasteiger partial charge >= 0.3 is 0 Å². The van der Waals surface area contributed by atoms with Crippen molar-refractivity contribution in [3.05, 3.63) is 59.4 Å². The molecule has 5 nitrogen and oxygen atoms in total. The number of rotatable bonds is 7. The molecule has 2 aromatic carbocycles. The summed E-state index contributed by atoms with van der Waals surface area (Å²) in [6.45, 7) is 7.65. The summed E-state index contributed by atoms with van der Waals surface area (Å²) in [6, 6.07) is 11.7. The Bertz CT molecular complexity index is 929. The number of anilines is 2. The molecule has 3 rings (SSSR count). The maximum Gasteiger partial charge on any atom is 0.228 e. The molecule has 142 valence electrons. The van der Waals surface area contributed by atoms with Crippen molar-refractivity contribution < 1.29 is 14.3 Å². The third-order valence-electron chi connectivity index (χ3n) is 4.96. The van der Waals surface area contributed by atoms with E-state index in [9.17, 15) is 4.79 Å². The van der Waals surface area contributed by atoms with Crippen molar-refractivity contribution >= 4 is 28.3 Å². The first-order chi connectivity index (χ1) is 13.0. The number of benzene rings is 2. The lowest BCUT2D eigenvalue weighted by Crippen LogP contribution is -2.26. The Kier molecular flexibility index (Phi) is 5.81. The number of nitrogens with one attached hydrogen (secondary N) is 1. The average Bonchev–Trinajstić information content (AvgIpc) is 3.07. The molecule has 0 aliphatic carbocycles. The maximum atomic E-state index is 12.5. The molecule has 1 amide bonds. The van der Waals surface area contributed by atoms with E-state index in [1.807, 2.05) is 51.1 Å². The Hall–Kier alpha value is -2.79. The molecule has 0 atom stereocenters. The molecule has 2 N–H and O–H groups in total. The largest absolute Gasteiger partial charge is 0.464 e. The van der Waals surface area contributed by atoms with Crippen molar-refractivity contribution in [2.24, 2.45) is 0 Å². The summed E-state index contributed by atoms with van der Waals surface area (Å²) in [4.78, 5) is 14.5. The Morgan fingerprint density at radius 1 is 1.15 bits per heavy atom. The van der Waals surface area contributed by atoms with Crippen LogP contribution in [0.15, 0.2) is 47.1 Å². The van der Waals surface area contributed by atoms with Crippen molar-refractivity contribution in [2.45, 2.75) is 27.2 Å². The summed E-state index contributed by atoms with van der Waals surface area (Å²) < 4.78 is 5.68. The van der Waals surface area contributed by atoms with Gasteiger partial charge in [0, 0.05) is 35.4 Å². The summed E-state index contributed by atoms with van der Waals surface area (Å²) >= 11 is 0. The molecular weight excluding hydrogens is 340 g/mol. The quantitative estimate of drug-likeness (QED) is 0.662. The molecule has 0 unspecified atom stereocenters. The maximum absolute atomic E-state index is 12.5. The number of carbonyl (C=O) groups excluding carboxylic acids is 1. The zero-order chi connectivity index (χ0) is 19.4. The van der Waals surface area contributed by atoms with Crippen LogP contribution in [0.2, 0.25) is 0 Å². The van der Waals surface area contributed by atoms with E-state index in [-0.39, 0.29) is 18.9 Å². The summed E-state index contributed by atoms with van der Waals surface area (Å²) in [7, 11) is 0. The monoisotopic (exact) mass is 366 g/mol. The van der Waals surface area contributed by atoms with Gasteiger partial charge < -0.3 is 19.7 Å². The van der Waals surface area contributed by atoms with Crippen molar-refractivity contribution in [1.29, 1.82) is 0 Å². The van der Waals surface area contributed by atoms with Crippen LogP contribution in [0.4, 0.5) is 11.4 Å². The molecule has 0 aliphatic heterocycles. The number of furan rings is 1. The Labute approximate surface area is 159 Å². The molecule has 0 spiro atoms. The number of fused-ring (bicyclic) bond motifs is 1. The van der Waals surface area contributed by atoms with Crippen molar-refractivity contribution in [1.82, 2.24) is 0 Å². The zero-order valence-corrected chi connectivity index (χ0v) is 16.1. The Morgan fingerprint density at radius 2 is 1.89 bits per heavy atom. The number of hydrogen-bond donors (Lipinski definition) is 2. The molecule has 1 heterocycles. The van der Waals surface area contributed by atoms with Crippen LogP contribution in [0.1, 0.15) is 23.6 Å². The number of amides is 1. The van der Waals surface area contributed by atoms with Crippen LogP contribution < -0.4 is 10.2 Å². The molecule has 0 fully saturated rings. The third-order valence-corrected chi connectivity index (χ3v) is 4.96. The lowest BCUT2D eigenvalue weighted by Gasteiger charge is -2.22. The highest BCUT2D eigenvalue weighted by molar-refractivity contribution is 5.96. The van der Waals surface area contributed by atoms with E-state index in [2.05, 4.69) is 16.3 Å². The van der Waals surface area contributed by atoms with Gasteiger partial charge in [-0.05, 0) is 56.2 Å². The van der Waals surface area contributed by atoms with E-state index in [0.717, 1.165) is 40.0 Å². The summed E-state index contributed by atoms with van der Waals surface area (Å²) in [5.41, 5.74) is 5.81. The molecule has 0 aliphatic rings. The summed E-state index contributed by atoms with van der Waals surface area (Å²) in [5.74, 6) is -0.0774. The minimum absolute atomic E-state index is 0.0774. The molecular formula is C22H26N2O3. The van der Waals surface area contributed by atoms with E-state index in [1.54, 1.807) is 6.26 Å². The number of carbonyl (C=O) groups is 1. The second-order valence-corrected chi connectivity index (χ2v) is 6.72. The number of aryl methyl sites for hydroxylation is 2. The number of likely N-dealkylation sites (N-methyl/N-ethyl adjacent to an activating group) is 1. The van der Waals surface area contributed by atoms with Crippen LogP contribution >= 0.6 is 0 Å². The highest BCUT2D eigenvalue weighted by Crippen LogP contribution is 2.27. The smallest absolute Gasteiger partial charge is 0.228 e. The molecule has 0 radical (unpaired) electrons. The normalized spacial score (nSPS) is 11.0. The van der Waals surface area contributed by atoms with Crippen LogP contribution in [0, 0.1) is 13.8 Å². The minimum atomic E-state index is -0.0774. The van der Waals surface area contributed by atoms with Crippen molar-refractivity contribution in [3.63, 3.8) is 0 Å². The van der Waals surface area contributed by atoms with Gasteiger partial charge in [0.2, 0.25) is 5.91 Å². The van der Waals surface area contributed by atoms with Gasteiger partial charge in [-0.25, -0.2) is 0 Å². The zero-order valence-electron chi connectivity index (χ0n) is 16.1. The highest BCUT2D eigenvalue weighted by Gasteiger charge is 2.13. The van der Waals surface area contributed by atoms with E-state index in [1.165, 1.54) is 5.56 Å². The first-order valence-electron chi connectivity index (χ1n) is 9.25. The third kappa shape index (κ3) is 4.14. The van der Waals surface area contributed by atoms with Crippen LogP contribution in [0.3, 0.4) is 0 Å². The van der Waals surface area contributed by atoms with E-state index < -0.39 is 0 Å². The highest BCUT2D eigenvalue weighted by atomic mass is 16.3. The molecule has 0 bridgehead atoms. The lowest BCUT2D eigenvalue weighted by atomic mass is 10.0. The first-order valence-corrected chi connectivity index (χ1v) is 9.25. The summed E-state index contributed by atoms with van der Waals surface area (Å²) in [5, 5.41) is 13.1. The number of aliphatic hydroxyl groups excluding tert-OH is 1. The van der Waals surface area contributed by atoms with Gasteiger partial charge in [-0.15, -0.1) is 0 Å². The fourth-order valence-electron chi connectivity index (χ4n) is 3.25. The van der Waals surface area contributed by atoms with Gasteiger partial charge in [0.15, 0.2) is 0 Å². The minimum Gasteiger partial charge on any atom is -0.464 e. The fraction of sp³-hybridized carbons (Fsp3) is 0.318. The number of nitrogens with zero attached hydrogens (tertiary/aromatic N) is 1. The topological polar surface area (TPSA) is 65.7 Å². The van der Waals surface area contributed by atoms with Crippen LogP contribution in [0.5, 0.6) is 0 Å². The van der Waals surface area contributed by atoms with E-state index in [4.69, 9.17) is 9.52 Å². The van der Waals surface area contributed by atoms with Gasteiger partial charge in [0.25, 0.3) is 0 Å². The molecule has 27 heavy (non-hydrogen) atoms. The molecule has 0 saturated carbocycles. The fourth-order valence-corrected chi connectivity index (χ4v) is 3.25. The number of hydrogen-bond acceptors (Lipinski definition) is 4. The predicted octanol–water partition coefficient (Wildman–Crippen LogP) is 4.05. The van der Waals surface area contributed by atoms with Crippen molar-refractivity contribution in [2.75, 3.05) is 29.9 Å². The second kappa shape index (κ2) is 8.27. The van der Waals surface area contributed by atoms with Gasteiger partial charge in [0.05, 0.1) is 19.3 Å². The molecule has 0 saturated heterocycles. The van der Waals surface area contributed by atoms with Crippen LogP contribution in [-0.4, -0.2) is 30.7 Å². The van der Waals surface area contributed by atoms with Gasteiger partial charge in [0.1, 0.15) is 5.58 Å². The van der Waals surface area contributed by atoms with Gasteiger partial charge in [-0.2, -0.15) is 0 Å². The predicted molar refractivity (Wildman–Crippen MR) is 109 cm³/mol. The molecule has 3 aromatic rings. The van der Waals surface area contributed by atoms with Crippen LogP contribution in [-0.2, 0) is 11.2 Å². The van der Waals surface area contributed by atoms with Crippen molar-refractivity contribution in [3.8, 4) is 0 Å². The standard InChI is InChI=1S/C22H26N2O3/c1-4-24(11-12-25)19-8-6-18(7-9-19)23-21(26)13-17-14-27-22-16(3)15(2)5-10-20(17)22/h5-10,14,25H,4,11-13H2,1-3H3,(H,23,26). The molecule has 5 heteroatoms. The van der Waals surface area contributed by atoms with Gasteiger partial charge in [-0.3, -0.25) is 4.79 Å². The van der Waals surface area contributed by atoms with Crippen LogP contribution in [0.25, 0.3) is 11.0 Å².